The summed E-state index contributed by atoms with van der Waals surface area (Å²) >= 11 is 12.3. The zero-order chi connectivity index (χ0) is 17.9. The normalized spacial score (nSPS) is 15.3. The smallest absolute Gasteiger partial charge is 0.322 e. The Morgan fingerprint density at radius 1 is 1.16 bits per heavy atom. The number of hydrogen-bond donors (Lipinski definition) is 1. The molecule has 132 valence electrons. The molecule has 2 aromatic rings. The fraction of sp³-hybridized carbons (Fsp3) is 0.350. The number of amides is 2. The summed E-state index contributed by atoms with van der Waals surface area (Å²) in [6.45, 7) is 2.60. The molecule has 0 spiro atoms. The first-order valence-electron chi connectivity index (χ1n) is 8.62. The van der Waals surface area contributed by atoms with Crippen molar-refractivity contribution >= 4 is 34.9 Å². The number of nitrogens with one attached hydrogen (secondary N) is 1. The third-order valence-corrected chi connectivity index (χ3v) is 5.44. The average Bonchev–Trinajstić information content (AvgIpc) is 2.57. The molecule has 1 fully saturated rings. The van der Waals surface area contributed by atoms with Crippen molar-refractivity contribution in [3.05, 3.63) is 64.1 Å². The Balaban J connectivity index is 1.75. The summed E-state index contributed by atoms with van der Waals surface area (Å²) in [5, 5.41) is 4.55. The Bertz CT molecular complexity index is 745. The van der Waals surface area contributed by atoms with Crippen molar-refractivity contribution in [2.75, 3.05) is 11.4 Å². The van der Waals surface area contributed by atoms with Crippen LogP contribution in [0.4, 0.5) is 10.5 Å². The lowest BCUT2D eigenvalue weighted by molar-refractivity contribution is 0.180. The highest BCUT2D eigenvalue weighted by Gasteiger charge is 2.39. The van der Waals surface area contributed by atoms with E-state index in [0.717, 1.165) is 36.9 Å². The molecular formula is C20H22Cl2N2O. The van der Waals surface area contributed by atoms with Crippen LogP contribution in [-0.4, -0.2) is 18.1 Å². The summed E-state index contributed by atoms with van der Waals surface area (Å²) in [7, 11) is 0. The molecule has 0 aliphatic heterocycles. The minimum atomic E-state index is -0.225. The fourth-order valence-electron chi connectivity index (χ4n) is 3.32. The van der Waals surface area contributed by atoms with Crippen molar-refractivity contribution < 1.29 is 4.79 Å². The lowest BCUT2D eigenvalue weighted by atomic mass is 9.73. The summed E-state index contributed by atoms with van der Waals surface area (Å²) in [6, 6.07) is 15.2. The van der Waals surface area contributed by atoms with Crippen LogP contribution in [0.2, 0.25) is 10.0 Å². The molecule has 0 heterocycles. The van der Waals surface area contributed by atoms with Gasteiger partial charge in [0, 0.05) is 27.8 Å². The van der Waals surface area contributed by atoms with E-state index in [4.69, 9.17) is 23.2 Å². The van der Waals surface area contributed by atoms with Crippen LogP contribution in [-0.2, 0) is 6.42 Å². The fourth-order valence-corrected chi connectivity index (χ4v) is 3.80. The first-order chi connectivity index (χ1) is 12.0. The van der Waals surface area contributed by atoms with Gasteiger partial charge in [0.2, 0.25) is 0 Å². The monoisotopic (exact) mass is 376 g/mol. The Hall–Kier alpha value is -1.71. The highest BCUT2D eigenvalue weighted by molar-refractivity contribution is 6.35. The second-order valence-corrected chi connectivity index (χ2v) is 7.40. The zero-order valence-corrected chi connectivity index (χ0v) is 15.8. The number of rotatable bonds is 5. The second-order valence-electron chi connectivity index (χ2n) is 6.56. The Morgan fingerprint density at radius 3 is 2.44 bits per heavy atom. The molecule has 3 nitrogen and oxygen atoms in total. The maximum absolute atomic E-state index is 12.9. The quantitative estimate of drug-likeness (QED) is 0.713. The van der Waals surface area contributed by atoms with E-state index < -0.39 is 0 Å². The van der Waals surface area contributed by atoms with Gasteiger partial charge in [-0.2, -0.15) is 0 Å². The lowest BCUT2D eigenvalue weighted by Crippen LogP contribution is -2.58. The first-order valence-corrected chi connectivity index (χ1v) is 9.37. The highest BCUT2D eigenvalue weighted by atomic mass is 35.5. The van der Waals surface area contributed by atoms with E-state index in [1.807, 2.05) is 49.4 Å². The van der Waals surface area contributed by atoms with Crippen LogP contribution in [0.3, 0.4) is 0 Å². The van der Waals surface area contributed by atoms with Crippen molar-refractivity contribution in [1.82, 2.24) is 5.32 Å². The van der Waals surface area contributed by atoms with Crippen LogP contribution in [0.15, 0.2) is 48.5 Å². The molecule has 2 amide bonds. The molecule has 0 unspecified atom stereocenters. The van der Waals surface area contributed by atoms with Crippen LogP contribution in [0, 0.1) is 0 Å². The van der Waals surface area contributed by atoms with Crippen molar-refractivity contribution in [3.63, 3.8) is 0 Å². The minimum Gasteiger partial charge on any atom is -0.332 e. The predicted molar refractivity (Wildman–Crippen MR) is 105 cm³/mol. The van der Waals surface area contributed by atoms with Crippen LogP contribution in [0.5, 0.6) is 0 Å². The van der Waals surface area contributed by atoms with Gasteiger partial charge in [-0.1, -0.05) is 47.5 Å². The van der Waals surface area contributed by atoms with Crippen molar-refractivity contribution in [2.45, 2.75) is 38.1 Å². The number of carbonyl (C=O) groups excluding carboxylic acids is 1. The van der Waals surface area contributed by atoms with E-state index in [-0.39, 0.29) is 11.6 Å². The van der Waals surface area contributed by atoms with Gasteiger partial charge in [0.05, 0.1) is 0 Å². The SMILES string of the molecule is CCN(C(=O)NC1(Cc2ccc(Cl)cc2Cl)CCC1)c1ccccc1. The Labute approximate surface area is 158 Å². The number of anilines is 1. The molecule has 0 saturated heterocycles. The maximum Gasteiger partial charge on any atom is 0.322 e. The molecule has 3 rings (SSSR count). The number of para-hydroxylation sites is 1. The van der Waals surface area contributed by atoms with E-state index in [2.05, 4.69) is 5.32 Å². The number of hydrogen-bond acceptors (Lipinski definition) is 1. The Morgan fingerprint density at radius 2 is 1.88 bits per heavy atom. The molecule has 1 aliphatic rings. The number of halogens is 2. The summed E-state index contributed by atoms with van der Waals surface area (Å²) in [5.41, 5.74) is 1.70. The second kappa shape index (κ2) is 7.67. The Kier molecular flexibility index (Phi) is 5.55. The summed E-state index contributed by atoms with van der Waals surface area (Å²) in [6.07, 6.45) is 3.76. The van der Waals surface area contributed by atoms with E-state index in [1.54, 1.807) is 11.0 Å². The van der Waals surface area contributed by atoms with Crippen LogP contribution in [0.1, 0.15) is 31.7 Å². The molecule has 1 aliphatic carbocycles. The molecule has 2 aromatic carbocycles. The predicted octanol–water partition coefficient (Wildman–Crippen LogP) is 5.69. The number of benzene rings is 2. The number of carbonyl (C=O) groups is 1. The molecule has 1 saturated carbocycles. The zero-order valence-electron chi connectivity index (χ0n) is 14.3. The van der Waals surface area contributed by atoms with E-state index in [1.165, 1.54) is 0 Å². The third-order valence-electron chi connectivity index (χ3n) is 4.86. The molecular weight excluding hydrogens is 355 g/mol. The lowest BCUT2D eigenvalue weighted by Gasteiger charge is -2.44. The molecule has 0 atom stereocenters. The summed E-state index contributed by atoms with van der Waals surface area (Å²) in [5.74, 6) is 0. The van der Waals surface area contributed by atoms with Crippen LogP contribution < -0.4 is 10.2 Å². The van der Waals surface area contributed by atoms with Crippen molar-refractivity contribution in [2.24, 2.45) is 0 Å². The topological polar surface area (TPSA) is 32.3 Å². The third kappa shape index (κ3) is 4.10. The molecule has 0 radical (unpaired) electrons. The highest BCUT2D eigenvalue weighted by Crippen LogP contribution is 2.37. The minimum absolute atomic E-state index is 0.0570. The van der Waals surface area contributed by atoms with Crippen LogP contribution >= 0.6 is 23.2 Å². The van der Waals surface area contributed by atoms with Gasteiger partial charge in [-0.3, -0.25) is 4.90 Å². The van der Waals surface area contributed by atoms with Crippen molar-refractivity contribution in [1.29, 1.82) is 0 Å². The molecule has 1 N–H and O–H groups in total. The van der Waals surface area contributed by atoms with E-state index in [0.29, 0.717) is 16.6 Å². The average molecular weight is 377 g/mol. The standard InChI is InChI=1S/C20H22Cl2N2O/c1-2-24(17-7-4-3-5-8-17)19(25)23-20(11-6-12-20)14-15-9-10-16(21)13-18(15)22/h3-5,7-10,13H,2,6,11-12,14H2,1H3,(H,23,25). The van der Waals surface area contributed by atoms with Gasteiger partial charge >= 0.3 is 6.03 Å². The molecule has 0 aromatic heterocycles. The van der Waals surface area contributed by atoms with Crippen LogP contribution in [0.25, 0.3) is 0 Å². The van der Waals surface area contributed by atoms with Gasteiger partial charge in [0.15, 0.2) is 0 Å². The maximum atomic E-state index is 12.9. The van der Waals surface area contributed by atoms with Gasteiger partial charge in [0.1, 0.15) is 0 Å². The van der Waals surface area contributed by atoms with Gasteiger partial charge < -0.3 is 5.32 Å². The van der Waals surface area contributed by atoms with Gasteiger partial charge in [-0.05, 0) is 62.4 Å². The number of urea groups is 1. The molecule has 25 heavy (non-hydrogen) atoms. The largest absolute Gasteiger partial charge is 0.332 e. The van der Waals surface area contributed by atoms with Gasteiger partial charge in [-0.25, -0.2) is 4.79 Å². The van der Waals surface area contributed by atoms with E-state index in [9.17, 15) is 4.79 Å². The molecule has 5 heteroatoms. The first kappa shape index (κ1) is 18.1. The number of nitrogens with zero attached hydrogens (tertiary/aromatic N) is 1. The van der Waals surface area contributed by atoms with Crippen molar-refractivity contribution in [3.8, 4) is 0 Å². The molecule has 0 bridgehead atoms. The summed E-state index contributed by atoms with van der Waals surface area (Å²) in [4.78, 5) is 14.6. The van der Waals surface area contributed by atoms with Gasteiger partial charge in [-0.15, -0.1) is 0 Å². The van der Waals surface area contributed by atoms with E-state index >= 15 is 0 Å². The summed E-state index contributed by atoms with van der Waals surface area (Å²) < 4.78 is 0. The van der Waals surface area contributed by atoms with Gasteiger partial charge in [0.25, 0.3) is 0 Å².